The van der Waals surface area contributed by atoms with Crippen LogP contribution in [0.15, 0.2) is 28.9 Å². The molecular weight excluding hydrogens is 377 g/mol. The molecule has 3 heterocycles. The molecule has 9 nitrogen and oxygen atoms in total. The highest BCUT2D eigenvalue weighted by Crippen LogP contribution is 2.37. The molecule has 1 unspecified atom stereocenters. The number of likely N-dealkylation sites (tertiary alicyclic amines) is 1. The Labute approximate surface area is 167 Å². The van der Waals surface area contributed by atoms with Crippen molar-refractivity contribution in [2.24, 2.45) is 10.7 Å². The number of rotatable bonds is 5. The van der Waals surface area contributed by atoms with Gasteiger partial charge in [-0.05, 0) is 24.4 Å². The smallest absolute Gasteiger partial charge is 0.522 e. The number of allylic oxidation sites excluding steroid dienone is 1. The van der Waals surface area contributed by atoms with Gasteiger partial charge >= 0.3 is 13.1 Å². The van der Waals surface area contributed by atoms with Crippen molar-refractivity contribution in [3.63, 3.8) is 0 Å². The molecule has 2 atom stereocenters. The topological polar surface area (TPSA) is 135 Å². The number of carbonyl (C=O) groups is 2. The number of nitrogens with zero attached hydrogens (tertiary/aromatic N) is 2. The lowest BCUT2D eigenvalue weighted by atomic mass is 9.78. The minimum absolute atomic E-state index is 0.104. The zero-order valence-corrected chi connectivity index (χ0v) is 15.8. The number of aryl methyl sites for hydroxylation is 1. The molecule has 0 aliphatic carbocycles. The van der Waals surface area contributed by atoms with Gasteiger partial charge in [-0.1, -0.05) is 12.1 Å². The van der Waals surface area contributed by atoms with Crippen molar-refractivity contribution >= 4 is 25.2 Å². The average Bonchev–Trinajstić information content (AvgIpc) is 3.38. The molecule has 10 heteroatoms. The fourth-order valence-corrected chi connectivity index (χ4v) is 3.83. The molecule has 1 aromatic rings. The molecule has 0 spiro atoms. The summed E-state index contributed by atoms with van der Waals surface area (Å²) in [5, 5.41) is 19.4. The van der Waals surface area contributed by atoms with Gasteiger partial charge in [-0.15, -0.1) is 0 Å². The van der Waals surface area contributed by atoms with Crippen molar-refractivity contribution in [2.45, 2.75) is 37.7 Å². The van der Waals surface area contributed by atoms with E-state index in [1.165, 1.54) is 0 Å². The first-order valence-electron chi connectivity index (χ1n) is 9.61. The fraction of sp³-hybridized carbons (Fsp3) is 0.421. The third-order valence-electron chi connectivity index (χ3n) is 5.34. The van der Waals surface area contributed by atoms with Crippen LogP contribution in [0.25, 0.3) is 0 Å². The molecule has 1 fully saturated rings. The zero-order valence-electron chi connectivity index (χ0n) is 15.8. The van der Waals surface area contributed by atoms with Crippen molar-refractivity contribution in [2.75, 3.05) is 13.1 Å². The van der Waals surface area contributed by atoms with Gasteiger partial charge in [0.05, 0.1) is 12.2 Å². The maximum Gasteiger partial charge on any atom is 0.522 e. The van der Waals surface area contributed by atoms with E-state index in [9.17, 15) is 19.7 Å². The van der Waals surface area contributed by atoms with Gasteiger partial charge in [0.15, 0.2) is 0 Å². The van der Waals surface area contributed by atoms with E-state index in [4.69, 9.17) is 15.1 Å². The highest BCUT2D eigenvalue weighted by molar-refractivity contribution is 6.44. The van der Waals surface area contributed by atoms with Crippen LogP contribution in [-0.2, 0) is 11.2 Å². The number of nitrogens with two attached hydrogens (primary N) is 1. The van der Waals surface area contributed by atoms with E-state index in [2.05, 4.69) is 4.99 Å². The molecule has 4 rings (SSSR count). The quantitative estimate of drug-likeness (QED) is 0.613. The Morgan fingerprint density at radius 2 is 2.24 bits per heavy atom. The summed E-state index contributed by atoms with van der Waals surface area (Å²) in [7, 11) is -1.04. The normalized spacial score (nSPS) is 21.4. The van der Waals surface area contributed by atoms with Crippen LogP contribution in [-0.4, -0.2) is 65.5 Å². The SMILES string of the molecule is NC(C(=O)N1CC[C@@H](Oc2ccc3c(c2C(=O)O)OB(O)CC3)C1)C1=CCC=N1. The number of benzene rings is 1. The molecule has 152 valence electrons. The summed E-state index contributed by atoms with van der Waals surface area (Å²) in [6.07, 6.45) is 5.34. The number of hydrogen-bond donors (Lipinski definition) is 3. The lowest BCUT2D eigenvalue weighted by molar-refractivity contribution is -0.130. The molecule has 0 radical (unpaired) electrons. The molecule has 0 saturated carbocycles. The Balaban J connectivity index is 1.48. The van der Waals surface area contributed by atoms with Crippen LogP contribution in [0.1, 0.15) is 28.8 Å². The van der Waals surface area contributed by atoms with E-state index in [0.717, 1.165) is 5.56 Å². The number of carboxylic acids is 1. The summed E-state index contributed by atoms with van der Waals surface area (Å²) < 4.78 is 11.3. The average molecular weight is 399 g/mol. The zero-order chi connectivity index (χ0) is 20.5. The molecule has 1 saturated heterocycles. The van der Waals surface area contributed by atoms with E-state index in [1.807, 2.05) is 6.08 Å². The van der Waals surface area contributed by atoms with Gasteiger partial charge in [-0.2, -0.15) is 0 Å². The van der Waals surface area contributed by atoms with E-state index >= 15 is 0 Å². The van der Waals surface area contributed by atoms with Crippen LogP contribution < -0.4 is 15.1 Å². The Morgan fingerprint density at radius 1 is 1.41 bits per heavy atom. The monoisotopic (exact) mass is 399 g/mol. The predicted octanol–water partition coefficient (Wildman–Crippen LogP) is 0.466. The Morgan fingerprint density at radius 3 is 2.97 bits per heavy atom. The van der Waals surface area contributed by atoms with Gasteiger partial charge in [0.1, 0.15) is 29.2 Å². The number of hydrogen-bond acceptors (Lipinski definition) is 7. The largest absolute Gasteiger partial charge is 0.535 e. The second-order valence-electron chi connectivity index (χ2n) is 7.31. The van der Waals surface area contributed by atoms with Crippen LogP contribution in [0.5, 0.6) is 11.5 Å². The minimum atomic E-state index is -1.19. The van der Waals surface area contributed by atoms with Gasteiger partial charge in [0, 0.05) is 25.6 Å². The van der Waals surface area contributed by atoms with Crippen LogP contribution in [0, 0.1) is 0 Å². The van der Waals surface area contributed by atoms with Crippen molar-refractivity contribution in [1.29, 1.82) is 0 Å². The molecule has 1 aromatic carbocycles. The first-order valence-corrected chi connectivity index (χ1v) is 9.61. The molecule has 4 N–H and O–H groups in total. The van der Waals surface area contributed by atoms with Gasteiger partial charge in [-0.25, -0.2) is 4.79 Å². The molecule has 29 heavy (non-hydrogen) atoms. The van der Waals surface area contributed by atoms with Gasteiger partial charge in [0.25, 0.3) is 0 Å². The number of aromatic carboxylic acids is 1. The molecule has 0 bridgehead atoms. The summed E-state index contributed by atoms with van der Waals surface area (Å²) in [6.45, 7) is 0.778. The Kier molecular flexibility index (Phi) is 5.29. The summed E-state index contributed by atoms with van der Waals surface area (Å²) in [5.41, 5.74) is 7.21. The molecule has 0 aromatic heterocycles. The highest BCUT2D eigenvalue weighted by Gasteiger charge is 2.34. The lowest BCUT2D eigenvalue weighted by Gasteiger charge is -2.24. The van der Waals surface area contributed by atoms with Crippen molar-refractivity contribution < 1.29 is 29.1 Å². The standard InChI is InChI=1S/C19H22BN3O6/c21-16(13-2-1-8-22-13)18(24)23-9-6-12(10-23)28-14-4-3-11-5-7-20(27)29-17(11)15(14)19(25)26/h2-4,8,12,16,27H,1,5-7,9-10,21H2,(H,25,26)/t12-,16?/m1/s1. The van der Waals surface area contributed by atoms with E-state index < -0.39 is 19.1 Å². The number of fused-ring (bicyclic) bond motifs is 1. The lowest BCUT2D eigenvalue weighted by Crippen LogP contribution is -2.44. The predicted molar refractivity (Wildman–Crippen MR) is 105 cm³/mol. The third-order valence-corrected chi connectivity index (χ3v) is 5.34. The number of carbonyl (C=O) groups excluding carboxylic acids is 1. The maximum atomic E-state index is 12.6. The molecule has 3 aliphatic heterocycles. The van der Waals surface area contributed by atoms with Crippen LogP contribution >= 0.6 is 0 Å². The second-order valence-corrected chi connectivity index (χ2v) is 7.31. The van der Waals surface area contributed by atoms with Crippen molar-refractivity contribution in [3.05, 3.63) is 35.0 Å². The van der Waals surface area contributed by atoms with Gasteiger partial charge in [-0.3, -0.25) is 9.79 Å². The van der Waals surface area contributed by atoms with Crippen molar-refractivity contribution in [1.82, 2.24) is 4.90 Å². The van der Waals surface area contributed by atoms with Crippen LogP contribution in [0.3, 0.4) is 0 Å². The van der Waals surface area contributed by atoms with Crippen LogP contribution in [0.2, 0.25) is 6.32 Å². The maximum absolute atomic E-state index is 12.6. The summed E-state index contributed by atoms with van der Waals surface area (Å²) >= 11 is 0. The summed E-state index contributed by atoms with van der Waals surface area (Å²) in [4.78, 5) is 30.2. The van der Waals surface area contributed by atoms with E-state index in [-0.39, 0.29) is 29.1 Å². The minimum Gasteiger partial charge on any atom is -0.535 e. The fourth-order valence-electron chi connectivity index (χ4n) is 3.83. The Bertz CT molecular complexity index is 902. The number of amides is 1. The summed E-state index contributed by atoms with van der Waals surface area (Å²) in [5.74, 6) is -1.11. The first kappa shape index (κ1) is 19.5. The molecular formula is C19H22BN3O6. The van der Waals surface area contributed by atoms with Crippen LogP contribution in [0.4, 0.5) is 0 Å². The van der Waals surface area contributed by atoms with E-state index in [1.54, 1.807) is 23.2 Å². The Hall–Kier alpha value is -2.85. The van der Waals surface area contributed by atoms with Gasteiger partial charge in [0.2, 0.25) is 5.91 Å². The first-order chi connectivity index (χ1) is 13.9. The molecule has 3 aliphatic rings. The number of ether oxygens (including phenoxy) is 1. The number of aliphatic imine (C=N–C) groups is 1. The third kappa shape index (κ3) is 3.85. The van der Waals surface area contributed by atoms with Gasteiger partial charge < -0.3 is 30.2 Å². The molecule has 1 amide bonds. The van der Waals surface area contributed by atoms with E-state index in [0.29, 0.717) is 44.4 Å². The second kappa shape index (κ2) is 7.88. The summed E-state index contributed by atoms with van der Waals surface area (Å²) in [6, 6.07) is 2.56. The van der Waals surface area contributed by atoms with Crippen molar-refractivity contribution in [3.8, 4) is 11.5 Å². The highest BCUT2D eigenvalue weighted by atomic mass is 16.5. The number of carboxylic acid groups (broad SMARTS) is 1.